The van der Waals surface area contributed by atoms with Gasteiger partial charge in [0, 0.05) is 16.2 Å². The fourth-order valence-corrected chi connectivity index (χ4v) is 2.27. The first kappa shape index (κ1) is 14.9. The van der Waals surface area contributed by atoms with Crippen LogP contribution in [0.5, 0.6) is 5.75 Å². The van der Waals surface area contributed by atoms with Gasteiger partial charge in [-0.25, -0.2) is 8.78 Å². The van der Waals surface area contributed by atoms with Crippen molar-refractivity contribution in [3.8, 4) is 5.75 Å². The smallest absolute Gasteiger partial charge is 0.137 e. The lowest BCUT2D eigenvalue weighted by Crippen LogP contribution is -2.16. The summed E-state index contributed by atoms with van der Waals surface area (Å²) in [4.78, 5) is 3.97. The minimum atomic E-state index is -0.948. The van der Waals surface area contributed by atoms with Crippen molar-refractivity contribution >= 4 is 15.9 Å². The highest BCUT2D eigenvalue weighted by Crippen LogP contribution is 2.28. The third-order valence-corrected chi connectivity index (χ3v) is 3.22. The Kier molecular flexibility index (Phi) is 4.67. The van der Waals surface area contributed by atoms with E-state index >= 15 is 0 Å². The summed E-state index contributed by atoms with van der Waals surface area (Å²) in [5.74, 6) is -0.893. The molecule has 0 aliphatic heterocycles. The highest BCUT2D eigenvalue weighted by molar-refractivity contribution is 9.10. The van der Waals surface area contributed by atoms with E-state index in [0.29, 0.717) is 22.4 Å². The first-order valence-electron chi connectivity index (χ1n) is 6.00. The largest absolute Gasteiger partial charge is 0.492 e. The molecule has 2 N–H and O–H groups in total. The van der Waals surface area contributed by atoms with Gasteiger partial charge in [0.15, 0.2) is 0 Å². The number of nitrogens with two attached hydrogens (primary N) is 1. The van der Waals surface area contributed by atoms with Crippen LogP contribution in [0.2, 0.25) is 0 Å². The summed E-state index contributed by atoms with van der Waals surface area (Å²) in [5, 5.41) is 0. The lowest BCUT2D eigenvalue weighted by molar-refractivity contribution is 0.338. The third-order valence-electron chi connectivity index (χ3n) is 2.76. The molecule has 6 heteroatoms. The van der Waals surface area contributed by atoms with E-state index in [4.69, 9.17) is 10.5 Å². The van der Waals surface area contributed by atoms with E-state index in [1.807, 2.05) is 6.92 Å². The maximum Gasteiger partial charge on any atom is 0.137 e. The quantitative estimate of drug-likeness (QED) is 0.923. The van der Waals surface area contributed by atoms with Crippen molar-refractivity contribution in [2.24, 2.45) is 5.73 Å². The second-order valence-corrected chi connectivity index (χ2v) is 5.06. The molecule has 1 heterocycles. The molecule has 0 saturated carbocycles. The van der Waals surface area contributed by atoms with E-state index in [-0.39, 0.29) is 5.56 Å². The van der Waals surface area contributed by atoms with Gasteiger partial charge in [0.2, 0.25) is 0 Å². The maximum atomic E-state index is 13.9. The molecule has 3 nitrogen and oxygen atoms in total. The van der Waals surface area contributed by atoms with Gasteiger partial charge in [0.1, 0.15) is 17.4 Å². The molecule has 0 fully saturated rings. The average Bonchev–Trinajstić information content (AvgIpc) is 2.38. The predicted molar refractivity (Wildman–Crippen MR) is 75.5 cm³/mol. The molecule has 1 unspecified atom stereocenters. The summed E-state index contributed by atoms with van der Waals surface area (Å²) in [7, 11) is 0. The monoisotopic (exact) mass is 342 g/mol. The van der Waals surface area contributed by atoms with Crippen molar-refractivity contribution in [3.63, 3.8) is 0 Å². The second kappa shape index (κ2) is 6.28. The lowest BCUT2D eigenvalue weighted by atomic mass is 10.00. The third kappa shape index (κ3) is 3.13. The minimum Gasteiger partial charge on any atom is -0.492 e. The summed E-state index contributed by atoms with van der Waals surface area (Å²) < 4.78 is 33.4. The van der Waals surface area contributed by atoms with Crippen LogP contribution in [-0.4, -0.2) is 11.6 Å². The summed E-state index contributed by atoms with van der Waals surface area (Å²) in [6, 6.07) is 3.04. The Balaban J connectivity index is 2.41. The minimum absolute atomic E-state index is 0.191. The number of ether oxygens (including phenoxy) is 1. The van der Waals surface area contributed by atoms with E-state index in [1.165, 1.54) is 24.5 Å². The van der Waals surface area contributed by atoms with E-state index in [9.17, 15) is 8.78 Å². The molecule has 0 bridgehead atoms. The first-order chi connectivity index (χ1) is 9.52. The Labute approximate surface area is 123 Å². The molecule has 1 aromatic heterocycles. The molecule has 0 aliphatic rings. The maximum absolute atomic E-state index is 13.9. The standard InChI is InChI=1S/C14H13BrF2N2O/c1-2-20-10-3-8(6-19-7-10)14(18)13-11(16)4-9(15)5-12(13)17/h3-7,14H,2,18H2,1H3. The average molecular weight is 343 g/mol. The van der Waals surface area contributed by atoms with Crippen molar-refractivity contribution in [2.45, 2.75) is 13.0 Å². The van der Waals surface area contributed by atoms with E-state index in [1.54, 1.807) is 6.07 Å². The van der Waals surface area contributed by atoms with Crippen LogP contribution in [-0.2, 0) is 0 Å². The number of hydrogen-bond acceptors (Lipinski definition) is 3. The van der Waals surface area contributed by atoms with Crippen LogP contribution in [0.15, 0.2) is 35.1 Å². The van der Waals surface area contributed by atoms with Gasteiger partial charge < -0.3 is 10.5 Å². The van der Waals surface area contributed by atoms with Gasteiger partial charge in [-0.15, -0.1) is 0 Å². The van der Waals surface area contributed by atoms with Gasteiger partial charge in [-0.3, -0.25) is 4.98 Å². The molecular formula is C14H13BrF2N2O. The van der Waals surface area contributed by atoms with Crippen molar-refractivity contribution in [3.05, 3.63) is 57.8 Å². The SMILES string of the molecule is CCOc1cncc(C(N)c2c(F)cc(Br)cc2F)c1. The van der Waals surface area contributed by atoms with Crippen LogP contribution in [0, 0.1) is 11.6 Å². The van der Waals surface area contributed by atoms with Crippen LogP contribution < -0.4 is 10.5 Å². The molecule has 0 spiro atoms. The number of pyridine rings is 1. The van der Waals surface area contributed by atoms with Crippen molar-refractivity contribution < 1.29 is 13.5 Å². The Hall–Kier alpha value is -1.53. The number of rotatable bonds is 4. The number of hydrogen-bond donors (Lipinski definition) is 1. The van der Waals surface area contributed by atoms with Gasteiger partial charge in [-0.2, -0.15) is 0 Å². The Bertz CT molecular complexity index is 599. The predicted octanol–water partition coefficient (Wildman–Crippen LogP) is 3.57. The Morgan fingerprint density at radius 1 is 1.25 bits per heavy atom. The first-order valence-corrected chi connectivity index (χ1v) is 6.80. The molecule has 2 rings (SSSR count). The number of halogens is 3. The molecule has 0 radical (unpaired) electrons. The summed E-state index contributed by atoms with van der Waals surface area (Å²) >= 11 is 3.03. The zero-order valence-corrected chi connectivity index (χ0v) is 12.3. The summed E-state index contributed by atoms with van der Waals surface area (Å²) in [5.41, 5.74) is 6.23. The molecule has 2 aromatic rings. The Morgan fingerprint density at radius 2 is 1.90 bits per heavy atom. The lowest BCUT2D eigenvalue weighted by Gasteiger charge is -2.15. The molecular weight excluding hydrogens is 330 g/mol. The zero-order valence-electron chi connectivity index (χ0n) is 10.7. The number of nitrogens with zero attached hydrogens (tertiary/aromatic N) is 1. The molecule has 0 amide bonds. The molecule has 20 heavy (non-hydrogen) atoms. The van der Waals surface area contributed by atoms with E-state index < -0.39 is 17.7 Å². The van der Waals surface area contributed by atoms with Crippen LogP contribution in [0.25, 0.3) is 0 Å². The Morgan fingerprint density at radius 3 is 2.50 bits per heavy atom. The summed E-state index contributed by atoms with van der Waals surface area (Å²) in [6.07, 6.45) is 2.99. The second-order valence-electron chi connectivity index (χ2n) is 4.15. The van der Waals surface area contributed by atoms with Gasteiger partial charge in [0.05, 0.1) is 18.8 Å². The highest BCUT2D eigenvalue weighted by Gasteiger charge is 2.20. The molecule has 1 atom stereocenters. The van der Waals surface area contributed by atoms with Crippen LogP contribution >= 0.6 is 15.9 Å². The highest BCUT2D eigenvalue weighted by atomic mass is 79.9. The van der Waals surface area contributed by atoms with E-state index in [2.05, 4.69) is 20.9 Å². The molecule has 0 saturated heterocycles. The van der Waals surface area contributed by atoms with Crippen molar-refractivity contribution in [2.75, 3.05) is 6.61 Å². The molecule has 1 aromatic carbocycles. The molecule has 106 valence electrons. The van der Waals surface area contributed by atoms with Gasteiger partial charge in [-0.1, -0.05) is 15.9 Å². The summed E-state index contributed by atoms with van der Waals surface area (Å²) in [6.45, 7) is 2.31. The van der Waals surface area contributed by atoms with Crippen LogP contribution in [0.3, 0.4) is 0 Å². The van der Waals surface area contributed by atoms with E-state index in [0.717, 1.165) is 0 Å². The number of benzene rings is 1. The van der Waals surface area contributed by atoms with Gasteiger partial charge in [-0.05, 0) is 30.7 Å². The van der Waals surface area contributed by atoms with Crippen LogP contribution in [0.4, 0.5) is 8.78 Å². The van der Waals surface area contributed by atoms with Gasteiger partial charge >= 0.3 is 0 Å². The fraction of sp³-hybridized carbons (Fsp3) is 0.214. The molecule has 0 aliphatic carbocycles. The zero-order chi connectivity index (χ0) is 14.7. The van der Waals surface area contributed by atoms with Gasteiger partial charge in [0.25, 0.3) is 0 Å². The topological polar surface area (TPSA) is 48.1 Å². The van der Waals surface area contributed by atoms with Crippen molar-refractivity contribution in [1.82, 2.24) is 4.98 Å². The normalized spacial score (nSPS) is 12.2. The van der Waals surface area contributed by atoms with Crippen LogP contribution in [0.1, 0.15) is 24.1 Å². The van der Waals surface area contributed by atoms with Crippen molar-refractivity contribution in [1.29, 1.82) is 0 Å². The fourth-order valence-electron chi connectivity index (χ4n) is 1.87. The number of aromatic nitrogens is 1.